The molecule has 1 N–H and O–H groups in total. The van der Waals surface area contributed by atoms with E-state index in [1.807, 2.05) is 13.8 Å². The number of rotatable bonds is 8. The van der Waals surface area contributed by atoms with Crippen LogP contribution in [0.5, 0.6) is 0 Å². The maximum atomic E-state index is 5.46. The minimum absolute atomic E-state index is 0.388. The molecular weight excluding hydrogens is 230 g/mol. The van der Waals surface area contributed by atoms with Gasteiger partial charge in [0, 0.05) is 19.6 Å². The minimum Gasteiger partial charge on any atom is -0.370 e. The monoisotopic (exact) mass is 255 g/mol. The molecule has 0 radical (unpaired) electrons. The van der Waals surface area contributed by atoms with Crippen LogP contribution in [0.3, 0.4) is 0 Å². The number of hydrogen-bond acceptors (Lipinski definition) is 5. The average Bonchev–Trinajstić information content (AvgIpc) is 2.86. The zero-order valence-electron chi connectivity index (χ0n) is 12.1. The number of methoxy groups -OCH3 is 1. The fraction of sp³-hybridized carbons (Fsp3) is 0.846. The lowest BCUT2D eigenvalue weighted by Gasteiger charge is -2.21. The zero-order chi connectivity index (χ0) is 13.6. The van der Waals surface area contributed by atoms with Crippen molar-refractivity contribution < 1.29 is 9.26 Å². The second-order valence-electron chi connectivity index (χ2n) is 4.67. The van der Waals surface area contributed by atoms with Crippen LogP contribution in [-0.2, 0) is 16.8 Å². The molecule has 1 heterocycles. The van der Waals surface area contributed by atoms with E-state index in [0.29, 0.717) is 17.8 Å². The molecule has 0 aliphatic rings. The summed E-state index contributed by atoms with van der Waals surface area (Å²) in [6, 6.07) is 0.388. The van der Waals surface area contributed by atoms with E-state index in [2.05, 4.69) is 29.3 Å². The maximum Gasteiger partial charge on any atom is 0.228 e. The molecule has 0 aromatic carbocycles. The molecule has 1 aromatic heterocycles. The molecule has 5 heteroatoms. The summed E-state index contributed by atoms with van der Waals surface area (Å²) in [5.74, 6) is 1.31. The predicted octanol–water partition coefficient (Wildman–Crippen LogP) is 2.27. The van der Waals surface area contributed by atoms with E-state index in [1.165, 1.54) is 0 Å². The molecule has 104 valence electrons. The van der Waals surface area contributed by atoms with Crippen molar-refractivity contribution in [1.29, 1.82) is 0 Å². The number of nitrogens with one attached hydrogen (secondary N) is 1. The third-order valence-electron chi connectivity index (χ3n) is 3.47. The van der Waals surface area contributed by atoms with Gasteiger partial charge in [-0.2, -0.15) is 4.98 Å². The normalized spacial score (nSPS) is 16.5. The summed E-state index contributed by atoms with van der Waals surface area (Å²) in [6.45, 7) is 9.22. The number of nitrogens with zero attached hydrogens (tertiary/aromatic N) is 2. The standard InChI is InChI=1S/C13H25N3O2/c1-6-10(14-8-3)9-11-15-12(16-18-11)13(4,7-2)17-5/h10,14H,6-9H2,1-5H3. The summed E-state index contributed by atoms with van der Waals surface area (Å²) in [7, 11) is 1.67. The van der Waals surface area contributed by atoms with E-state index < -0.39 is 5.60 Å². The quantitative estimate of drug-likeness (QED) is 0.772. The van der Waals surface area contributed by atoms with Crippen molar-refractivity contribution in [2.45, 2.75) is 58.6 Å². The lowest BCUT2D eigenvalue weighted by atomic mass is 10.0. The van der Waals surface area contributed by atoms with Crippen molar-refractivity contribution in [2.24, 2.45) is 0 Å². The van der Waals surface area contributed by atoms with Crippen LogP contribution in [0.25, 0.3) is 0 Å². The fourth-order valence-electron chi connectivity index (χ4n) is 1.81. The summed E-state index contributed by atoms with van der Waals surface area (Å²) in [5, 5.41) is 7.44. The molecule has 2 unspecified atom stereocenters. The Morgan fingerprint density at radius 2 is 2.11 bits per heavy atom. The molecule has 0 spiro atoms. The highest BCUT2D eigenvalue weighted by Crippen LogP contribution is 2.25. The maximum absolute atomic E-state index is 5.46. The van der Waals surface area contributed by atoms with Crippen molar-refractivity contribution in [3.8, 4) is 0 Å². The summed E-state index contributed by atoms with van der Waals surface area (Å²) >= 11 is 0. The number of aromatic nitrogens is 2. The van der Waals surface area contributed by atoms with Crippen LogP contribution < -0.4 is 5.32 Å². The van der Waals surface area contributed by atoms with Crippen molar-refractivity contribution in [1.82, 2.24) is 15.5 Å². The van der Waals surface area contributed by atoms with Gasteiger partial charge in [-0.25, -0.2) is 0 Å². The topological polar surface area (TPSA) is 60.2 Å². The smallest absolute Gasteiger partial charge is 0.228 e. The molecule has 0 aliphatic heterocycles. The number of hydrogen-bond donors (Lipinski definition) is 1. The first-order valence-electron chi connectivity index (χ1n) is 6.71. The van der Waals surface area contributed by atoms with Gasteiger partial charge in [-0.3, -0.25) is 0 Å². The van der Waals surface area contributed by atoms with Gasteiger partial charge in [-0.15, -0.1) is 0 Å². The van der Waals surface area contributed by atoms with Crippen LogP contribution in [-0.4, -0.2) is 29.8 Å². The van der Waals surface area contributed by atoms with Gasteiger partial charge >= 0.3 is 0 Å². The Bertz CT molecular complexity index is 348. The molecule has 0 aliphatic carbocycles. The van der Waals surface area contributed by atoms with Gasteiger partial charge in [0.2, 0.25) is 11.7 Å². The zero-order valence-corrected chi connectivity index (χ0v) is 12.1. The van der Waals surface area contributed by atoms with Gasteiger partial charge in [0.1, 0.15) is 5.60 Å². The van der Waals surface area contributed by atoms with Gasteiger partial charge in [-0.05, 0) is 26.3 Å². The molecule has 0 saturated carbocycles. The second kappa shape index (κ2) is 6.85. The Labute approximate surface area is 109 Å². The van der Waals surface area contributed by atoms with E-state index in [4.69, 9.17) is 9.26 Å². The van der Waals surface area contributed by atoms with Crippen LogP contribution in [0.1, 0.15) is 52.3 Å². The molecular formula is C13H25N3O2. The molecule has 1 aromatic rings. The van der Waals surface area contributed by atoms with E-state index >= 15 is 0 Å². The highest BCUT2D eigenvalue weighted by atomic mass is 16.5. The van der Waals surface area contributed by atoms with Gasteiger partial charge in [-0.1, -0.05) is 25.9 Å². The first kappa shape index (κ1) is 15.1. The molecule has 0 bridgehead atoms. The predicted molar refractivity (Wildman–Crippen MR) is 70.4 cm³/mol. The fourth-order valence-corrected chi connectivity index (χ4v) is 1.81. The third kappa shape index (κ3) is 3.53. The van der Waals surface area contributed by atoms with Crippen molar-refractivity contribution in [3.63, 3.8) is 0 Å². The largest absolute Gasteiger partial charge is 0.370 e. The van der Waals surface area contributed by atoms with Gasteiger partial charge in [0.15, 0.2) is 0 Å². The number of likely N-dealkylation sites (N-methyl/N-ethyl adjacent to an activating group) is 1. The van der Waals surface area contributed by atoms with Crippen molar-refractivity contribution >= 4 is 0 Å². The summed E-state index contributed by atoms with van der Waals surface area (Å²) in [6.07, 6.45) is 2.62. The molecule has 0 fully saturated rings. The summed E-state index contributed by atoms with van der Waals surface area (Å²) in [5.41, 5.74) is -0.457. The molecule has 2 atom stereocenters. The molecule has 0 saturated heterocycles. The van der Waals surface area contributed by atoms with Crippen LogP contribution in [0.15, 0.2) is 4.52 Å². The Balaban J connectivity index is 2.73. The SMILES string of the molecule is CCNC(CC)Cc1nc(C(C)(CC)OC)no1. The van der Waals surface area contributed by atoms with E-state index in [1.54, 1.807) is 7.11 Å². The van der Waals surface area contributed by atoms with Crippen LogP contribution in [0.4, 0.5) is 0 Å². The molecule has 0 amide bonds. The highest BCUT2D eigenvalue weighted by molar-refractivity contribution is 4.99. The van der Waals surface area contributed by atoms with Crippen molar-refractivity contribution in [3.05, 3.63) is 11.7 Å². The summed E-state index contributed by atoms with van der Waals surface area (Å²) < 4.78 is 10.8. The van der Waals surface area contributed by atoms with Crippen LogP contribution >= 0.6 is 0 Å². The average molecular weight is 255 g/mol. The Kier molecular flexibility index (Phi) is 5.75. The minimum atomic E-state index is -0.457. The lowest BCUT2D eigenvalue weighted by Crippen LogP contribution is -2.30. The van der Waals surface area contributed by atoms with Gasteiger partial charge in [0.05, 0.1) is 0 Å². The van der Waals surface area contributed by atoms with Gasteiger partial charge < -0.3 is 14.6 Å². The Hall–Kier alpha value is -0.940. The Morgan fingerprint density at radius 1 is 1.39 bits per heavy atom. The van der Waals surface area contributed by atoms with Gasteiger partial charge in [0.25, 0.3) is 0 Å². The van der Waals surface area contributed by atoms with Crippen molar-refractivity contribution in [2.75, 3.05) is 13.7 Å². The summed E-state index contributed by atoms with van der Waals surface area (Å²) in [4.78, 5) is 4.45. The van der Waals surface area contributed by atoms with E-state index in [-0.39, 0.29) is 0 Å². The van der Waals surface area contributed by atoms with E-state index in [9.17, 15) is 0 Å². The second-order valence-corrected chi connectivity index (χ2v) is 4.67. The molecule has 1 rings (SSSR count). The lowest BCUT2D eigenvalue weighted by molar-refractivity contribution is -0.0106. The van der Waals surface area contributed by atoms with E-state index in [0.717, 1.165) is 25.8 Å². The Morgan fingerprint density at radius 3 is 2.61 bits per heavy atom. The van der Waals surface area contributed by atoms with Crippen LogP contribution in [0, 0.1) is 0 Å². The first-order chi connectivity index (χ1) is 8.59. The highest BCUT2D eigenvalue weighted by Gasteiger charge is 2.30. The first-order valence-corrected chi connectivity index (χ1v) is 6.71. The molecule has 5 nitrogen and oxygen atoms in total. The third-order valence-corrected chi connectivity index (χ3v) is 3.47. The van der Waals surface area contributed by atoms with Crippen LogP contribution in [0.2, 0.25) is 0 Å². The molecule has 18 heavy (non-hydrogen) atoms. The number of ether oxygens (including phenoxy) is 1.